The van der Waals surface area contributed by atoms with Crippen LogP contribution in [-0.2, 0) is 0 Å². The molecule has 2 aromatic heterocycles. The van der Waals surface area contributed by atoms with E-state index in [9.17, 15) is 0 Å². The van der Waals surface area contributed by atoms with Crippen LogP contribution in [0.2, 0.25) is 0 Å². The average Bonchev–Trinajstić information content (AvgIpc) is 3.03. The molecule has 0 amide bonds. The highest BCUT2D eigenvalue weighted by Crippen LogP contribution is 2.44. The predicted octanol–water partition coefficient (Wildman–Crippen LogP) is 10.1. The summed E-state index contributed by atoms with van der Waals surface area (Å²) >= 11 is 0. The minimum atomic E-state index is 0.997. The van der Waals surface area contributed by atoms with E-state index in [1.165, 1.54) is 49.0 Å². The number of hydrogen-bond acceptors (Lipinski definition) is 2. The lowest BCUT2D eigenvalue weighted by atomic mass is 9.85. The minimum Gasteiger partial charge on any atom is -0.263 e. The summed E-state index contributed by atoms with van der Waals surface area (Å²) in [6.07, 6.45) is 5.87. The topological polar surface area (TPSA) is 25.8 Å². The quantitative estimate of drug-likeness (QED) is 0.222. The Balaban J connectivity index is 1.39. The van der Waals surface area contributed by atoms with Gasteiger partial charge in [-0.2, -0.15) is 0 Å². The van der Waals surface area contributed by atoms with Crippen LogP contribution in [0.3, 0.4) is 0 Å². The highest BCUT2D eigenvalue weighted by Gasteiger charge is 2.17. The van der Waals surface area contributed by atoms with Gasteiger partial charge in [0.2, 0.25) is 0 Å². The first kappa shape index (κ1) is 22.6. The number of rotatable bonds is 3. The van der Waals surface area contributed by atoms with Crippen molar-refractivity contribution in [3.8, 4) is 33.4 Å². The van der Waals surface area contributed by atoms with Crippen LogP contribution in [0.25, 0.3) is 76.6 Å². The Morgan fingerprint density at radius 2 is 0.875 bits per heavy atom. The molecule has 2 nitrogen and oxygen atoms in total. The minimum absolute atomic E-state index is 0.997. The van der Waals surface area contributed by atoms with Crippen molar-refractivity contribution >= 4 is 43.2 Å². The summed E-state index contributed by atoms with van der Waals surface area (Å²) in [6.45, 7) is 0. The van der Waals surface area contributed by atoms with Crippen LogP contribution in [0, 0.1) is 0 Å². The summed E-state index contributed by atoms with van der Waals surface area (Å²) in [6, 6.07) is 45.6. The fourth-order valence-corrected chi connectivity index (χ4v) is 6.06. The molecule has 0 saturated carbocycles. The van der Waals surface area contributed by atoms with E-state index in [0.717, 1.165) is 27.6 Å². The number of pyridine rings is 2. The van der Waals surface area contributed by atoms with Crippen molar-refractivity contribution in [3.05, 3.63) is 146 Å². The van der Waals surface area contributed by atoms with Gasteiger partial charge < -0.3 is 0 Å². The van der Waals surface area contributed by atoms with Crippen molar-refractivity contribution in [2.45, 2.75) is 0 Å². The van der Waals surface area contributed by atoms with E-state index in [0.29, 0.717) is 0 Å². The van der Waals surface area contributed by atoms with Crippen molar-refractivity contribution in [2.24, 2.45) is 0 Å². The molecule has 186 valence electrons. The van der Waals surface area contributed by atoms with E-state index in [-0.39, 0.29) is 0 Å². The second kappa shape index (κ2) is 9.14. The second-order valence-corrected chi connectivity index (χ2v) is 10.3. The molecule has 0 bridgehead atoms. The third-order valence-corrected chi connectivity index (χ3v) is 7.92. The molecule has 0 N–H and O–H groups in total. The fourth-order valence-electron chi connectivity index (χ4n) is 6.06. The van der Waals surface area contributed by atoms with E-state index < -0.39 is 0 Å². The largest absolute Gasteiger partial charge is 0.263 e. The van der Waals surface area contributed by atoms with Crippen LogP contribution in [0.15, 0.2) is 146 Å². The Morgan fingerprint density at radius 3 is 1.60 bits per heavy atom. The lowest BCUT2D eigenvalue weighted by molar-refractivity contribution is 1.32. The Kier molecular flexibility index (Phi) is 5.17. The normalized spacial score (nSPS) is 11.5. The molecule has 2 heteroatoms. The molecule has 8 rings (SSSR count). The van der Waals surface area contributed by atoms with Gasteiger partial charge in [0.05, 0.1) is 5.52 Å². The number of nitrogens with zero attached hydrogens (tertiary/aromatic N) is 2. The first-order valence-corrected chi connectivity index (χ1v) is 13.6. The van der Waals surface area contributed by atoms with Gasteiger partial charge >= 0.3 is 0 Å². The lowest BCUT2D eigenvalue weighted by Crippen LogP contribution is -1.92. The summed E-state index contributed by atoms with van der Waals surface area (Å²) in [5.41, 5.74) is 7.92. The summed E-state index contributed by atoms with van der Waals surface area (Å²) in [5.74, 6) is 0. The molecule has 0 saturated heterocycles. The zero-order valence-corrected chi connectivity index (χ0v) is 21.8. The Hall–Kier alpha value is -5.34. The van der Waals surface area contributed by atoms with Crippen LogP contribution >= 0.6 is 0 Å². The van der Waals surface area contributed by atoms with Crippen molar-refractivity contribution in [3.63, 3.8) is 0 Å². The van der Waals surface area contributed by atoms with Crippen LogP contribution in [0.1, 0.15) is 0 Å². The van der Waals surface area contributed by atoms with Crippen molar-refractivity contribution in [1.29, 1.82) is 0 Å². The lowest BCUT2D eigenvalue weighted by Gasteiger charge is -2.18. The van der Waals surface area contributed by atoms with E-state index in [4.69, 9.17) is 9.97 Å². The predicted molar refractivity (Wildman–Crippen MR) is 168 cm³/mol. The van der Waals surface area contributed by atoms with Gasteiger partial charge in [-0.25, -0.2) is 0 Å². The van der Waals surface area contributed by atoms with Crippen LogP contribution in [0.4, 0.5) is 0 Å². The molecule has 0 aliphatic heterocycles. The number of aromatic nitrogens is 2. The Labute approximate surface area is 232 Å². The molecule has 0 radical (unpaired) electrons. The molecule has 0 unspecified atom stereocenters. The van der Waals surface area contributed by atoms with Gasteiger partial charge in [0, 0.05) is 40.7 Å². The monoisotopic (exact) mass is 508 g/mol. The smallest absolute Gasteiger partial charge is 0.0702 e. The van der Waals surface area contributed by atoms with Gasteiger partial charge in [-0.15, -0.1) is 0 Å². The molecule has 0 atom stereocenters. The van der Waals surface area contributed by atoms with E-state index in [1.807, 2.05) is 30.7 Å². The first-order valence-electron chi connectivity index (χ1n) is 13.6. The van der Waals surface area contributed by atoms with Crippen LogP contribution < -0.4 is 0 Å². The molecule has 0 aliphatic carbocycles. The van der Waals surface area contributed by atoms with Gasteiger partial charge in [-0.1, -0.05) is 103 Å². The van der Waals surface area contributed by atoms with Crippen molar-refractivity contribution in [1.82, 2.24) is 9.97 Å². The summed E-state index contributed by atoms with van der Waals surface area (Å²) in [5, 5.41) is 8.55. The number of para-hydroxylation sites is 1. The highest BCUT2D eigenvalue weighted by atomic mass is 14.7. The van der Waals surface area contributed by atoms with Crippen molar-refractivity contribution in [2.75, 3.05) is 0 Å². The third kappa shape index (κ3) is 3.65. The van der Waals surface area contributed by atoms with E-state index >= 15 is 0 Å². The Morgan fingerprint density at radius 1 is 0.350 bits per heavy atom. The molecular formula is C38H24N2. The van der Waals surface area contributed by atoms with Crippen LogP contribution in [0.5, 0.6) is 0 Å². The maximum atomic E-state index is 4.72. The maximum absolute atomic E-state index is 4.72. The molecule has 2 heterocycles. The molecular weight excluding hydrogens is 484 g/mol. The number of fused-ring (bicyclic) bond motifs is 4. The van der Waals surface area contributed by atoms with Gasteiger partial charge in [-0.05, 0) is 73.3 Å². The molecule has 0 fully saturated rings. The van der Waals surface area contributed by atoms with Crippen LogP contribution in [-0.4, -0.2) is 9.97 Å². The first-order chi connectivity index (χ1) is 19.8. The van der Waals surface area contributed by atoms with E-state index in [2.05, 4.69) is 115 Å². The van der Waals surface area contributed by atoms with Crippen molar-refractivity contribution < 1.29 is 0 Å². The summed E-state index contributed by atoms with van der Waals surface area (Å²) in [7, 11) is 0. The molecule has 6 aromatic carbocycles. The zero-order chi connectivity index (χ0) is 26.5. The molecule has 0 spiro atoms. The number of hydrogen-bond donors (Lipinski definition) is 0. The molecule has 40 heavy (non-hydrogen) atoms. The third-order valence-electron chi connectivity index (χ3n) is 7.92. The van der Waals surface area contributed by atoms with Gasteiger partial charge in [0.15, 0.2) is 0 Å². The molecule has 0 aliphatic rings. The second-order valence-electron chi connectivity index (χ2n) is 10.3. The molecule has 8 aromatic rings. The average molecular weight is 509 g/mol. The van der Waals surface area contributed by atoms with Gasteiger partial charge in [0.1, 0.15) is 0 Å². The van der Waals surface area contributed by atoms with Gasteiger partial charge in [-0.3, -0.25) is 9.97 Å². The zero-order valence-electron chi connectivity index (χ0n) is 21.8. The summed E-state index contributed by atoms with van der Waals surface area (Å²) in [4.78, 5) is 9.42. The number of benzene rings is 6. The van der Waals surface area contributed by atoms with Gasteiger partial charge in [0.25, 0.3) is 0 Å². The fraction of sp³-hybridized carbons (Fsp3) is 0. The van der Waals surface area contributed by atoms with E-state index in [1.54, 1.807) is 0 Å². The highest BCUT2D eigenvalue weighted by molar-refractivity contribution is 6.21. The SMILES string of the molecule is c1ccc2cc(-c3c4ccccc4c(-c4cncc(-c5cnc6ccccc6c5)c4)c4ccccc34)ccc2c1. The Bertz CT molecular complexity index is 2170. The summed E-state index contributed by atoms with van der Waals surface area (Å²) < 4.78 is 0. The standard InChI is InChI=1S/C38H24N2/c1-2-10-26-19-28(18-17-25(26)9-1)37-32-12-4-6-14-34(32)38(35-15-7-5-13-33(35)37)31-21-29(22-39-23-31)30-20-27-11-3-8-16-36(27)40-24-30/h1-24H. The maximum Gasteiger partial charge on any atom is 0.0702 e.